The number of carboxylic acids is 1. The predicted molar refractivity (Wildman–Crippen MR) is 85.7 cm³/mol. The van der Waals surface area contributed by atoms with E-state index in [4.69, 9.17) is 4.74 Å². The summed E-state index contributed by atoms with van der Waals surface area (Å²) >= 11 is 3.38. The van der Waals surface area contributed by atoms with Crippen LogP contribution in [0.15, 0.2) is 53.0 Å². The molecule has 2 aromatic rings. The van der Waals surface area contributed by atoms with Gasteiger partial charge in [-0.1, -0.05) is 34.1 Å². The number of hydrogen-bond donors (Lipinski definition) is 2. The van der Waals surface area contributed by atoms with E-state index in [1.165, 1.54) is 0 Å². The van der Waals surface area contributed by atoms with E-state index in [9.17, 15) is 9.90 Å². The van der Waals surface area contributed by atoms with Crippen molar-refractivity contribution < 1.29 is 14.6 Å². The number of carbonyl (C=O) groups is 1. The first-order chi connectivity index (χ1) is 9.95. The average Bonchev–Trinajstić information content (AvgIpc) is 2.47. The highest BCUT2D eigenvalue weighted by Crippen LogP contribution is 2.30. The Labute approximate surface area is 131 Å². The van der Waals surface area contributed by atoms with Crippen LogP contribution in [0.2, 0.25) is 0 Å². The Balaban J connectivity index is 2.42. The van der Waals surface area contributed by atoms with Crippen molar-refractivity contribution in [1.82, 2.24) is 0 Å². The first-order valence-corrected chi connectivity index (χ1v) is 7.16. The minimum Gasteiger partial charge on any atom is -0.497 e. The molecule has 2 aromatic carbocycles. The van der Waals surface area contributed by atoms with Gasteiger partial charge in [-0.25, -0.2) is 4.79 Å². The van der Waals surface area contributed by atoms with E-state index in [1.54, 1.807) is 38.3 Å². The third-order valence-corrected chi connectivity index (χ3v) is 3.79. The van der Waals surface area contributed by atoms with Crippen molar-refractivity contribution in [3.8, 4) is 5.75 Å². The fourth-order valence-electron chi connectivity index (χ4n) is 2.04. The quantitative estimate of drug-likeness (QED) is 0.860. The molecule has 4 nitrogen and oxygen atoms in total. The predicted octanol–water partition coefficient (Wildman–Crippen LogP) is 3.87. The number of carboxylic acid groups (broad SMARTS) is 1. The Kier molecular flexibility index (Phi) is 4.53. The van der Waals surface area contributed by atoms with Crippen LogP contribution in [0.3, 0.4) is 0 Å². The van der Waals surface area contributed by atoms with Gasteiger partial charge in [0.25, 0.3) is 0 Å². The van der Waals surface area contributed by atoms with Crippen LogP contribution in [0.5, 0.6) is 5.75 Å². The summed E-state index contributed by atoms with van der Waals surface area (Å²) in [4.78, 5) is 11.8. The molecular formula is C16H16BrNO3. The molecule has 0 spiro atoms. The third kappa shape index (κ3) is 3.36. The number of ether oxygens (including phenoxy) is 1. The van der Waals surface area contributed by atoms with Gasteiger partial charge < -0.3 is 15.2 Å². The minimum atomic E-state index is -1.25. The normalized spacial score (nSPS) is 13.3. The largest absolute Gasteiger partial charge is 0.497 e. The van der Waals surface area contributed by atoms with Crippen LogP contribution in [0.1, 0.15) is 12.5 Å². The molecule has 0 aliphatic carbocycles. The molecule has 0 bridgehead atoms. The summed E-state index contributed by atoms with van der Waals surface area (Å²) < 4.78 is 6.05. The molecule has 0 aliphatic heterocycles. The Morgan fingerprint density at radius 1 is 1.24 bits per heavy atom. The van der Waals surface area contributed by atoms with Crippen molar-refractivity contribution in [2.45, 2.75) is 12.5 Å². The topological polar surface area (TPSA) is 58.6 Å². The maximum atomic E-state index is 11.8. The molecule has 1 unspecified atom stereocenters. The van der Waals surface area contributed by atoms with E-state index in [1.807, 2.05) is 24.3 Å². The molecule has 0 saturated carbocycles. The lowest BCUT2D eigenvalue weighted by Gasteiger charge is -2.28. The molecule has 110 valence electrons. The van der Waals surface area contributed by atoms with Crippen molar-refractivity contribution in [3.05, 3.63) is 58.6 Å². The number of benzene rings is 2. The maximum absolute atomic E-state index is 11.8. The molecule has 0 heterocycles. The highest BCUT2D eigenvalue weighted by Gasteiger charge is 2.35. The van der Waals surface area contributed by atoms with Crippen LogP contribution >= 0.6 is 15.9 Å². The summed E-state index contributed by atoms with van der Waals surface area (Å²) in [5.41, 5.74) is 0.0846. The Morgan fingerprint density at radius 2 is 1.95 bits per heavy atom. The molecule has 0 fully saturated rings. The zero-order valence-corrected chi connectivity index (χ0v) is 13.3. The molecule has 0 aliphatic rings. The van der Waals surface area contributed by atoms with Crippen molar-refractivity contribution in [2.75, 3.05) is 12.4 Å². The lowest BCUT2D eigenvalue weighted by atomic mass is 9.91. The molecule has 1 atom stereocenters. The van der Waals surface area contributed by atoms with E-state index >= 15 is 0 Å². The van der Waals surface area contributed by atoms with E-state index in [0.29, 0.717) is 11.3 Å². The highest BCUT2D eigenvalue weighted by molar-refractivity contribution is 9.10. The number of aliphatic carboxylic acids is 1. The standard InChI is InChI=1S/C16H16BrNO3/c1-16(15(19)20,11-5-3-8-14(9-11)21-2)18-13-7-4-6-12(17)10-13/h3-10,18H,1-2H3,(H,19,20). The second-order valence-electron chi connectivity index (χ2n) is 4.80. The second kappa shape index (κ2) is 6.18. The number of anilines is 1. The molecule has 5 heteroatoms. The fourth-order valence-corrected chi connectivity index (χ4v) is 2.44. The first-order valence-electron chi connectivity index (χ1n) is 6.37. The fraction of sp³-hybridized carbons (Fsp3) is 0.188. The lowest BCUT2D eigenvalue weighted by molar-refractivity contribution is -0.142. The summed E-state index contributed by atoms with van der Waals surface area (Å²) in [6, 6.07) is 14.4. The molecule has 0 aromatic heterocycles. The van der Waals surface area contributed by atoms with Crippen LogP contribution in [0.4, 0.5) is 5.69 Å². The Hall–Kier alpha value is -2.01. The minimum absolute atomic E-state index is 0.620. The number of hydrogen-bond acceptors (Lipinski definition) is 3. The molecule has 0 amide bonds. The van der Waals surface area contributed by atoms with Crippen molar-refractivity contribution in [2.24, 2.45) is 0 Å². The summed E-state index contributed by atoms with van der Waals surface area (Å²) in [6.45, 7) is 1.63. The average molecular weight is 350 g/mol. The molecular weight excluding hydrogens is 334 g/mol. The zero-order valence-electron chi connectivity index (χ0n) is 11.8. The Bertz CT molecular complexity index is 659. The Morgan fingerprint density at radius 3 is 2.57 bits per heavy atom. The van der Waals surface area contributed by atoms with Gasteiger partial charge in [0.15, 0.2) is 5.54 Å². The second-order valence-corrected chi connectivity index (χ2v) is 5.71. The smallest absolute Gasteiger partial charge is 0.333 e. The summed E-state index contributed by atoms with van der Waals surface area (Å²) in [7, 11) is 1.55. The van der Waals surface area contributed by atoms with Crippen molar-refractivity contribution in [3.63, 3.8) is 0 Å². The van der Waals surface area contributed by atoms with Gasteiger partial charge in [0, 0.05) is 10.2 Å². The van der Waals surface area contributed by atoms with E-state index in [2.05, 4.69) is 21.2 Å². The van der Waals surface area contributed by atoms with Gasteiger partial charge in [-0.3, -0.25) is 0 Å². The van der Waals surface area contributed by atoms with Gasteiger partial charge in [-0.05, 0) is 42.8 Å². The summed E-state index contributed by atoms with van der Waals surface area (Å²) in [6.07, 6.45) is 0. The molecule has 2 N–H and O–H groups in total. The highest BCUT2D eigenvalue weighted by atomic mass is 79.9. The lowest BCUT2D eigenvalue weighted by Crippen LogP contribution is -2.40. The number of halogens is 1. The monoisotopic (exact) mass is 349 g/mol. The van der Waals surface area contributed by atoms with Gasteiger partial charge in [0.05, 0.1) is 7.11 Å². The third-order valence-electron chi connectivity index (χ3n) is 3.29. The molecule has 0 saturated heterocycles. The van der Waals surface area contributed by atoms with Crippen LogP contribution < -0.4 is 10.1 Å². The first kappa shape index (κ1) is 15.4. The van der Waals surface area contributed by atoms with Crippen LogP contribution in [-0.2, 0) is 10.3 Å². The van der Waals surface area contributed by atoms with Crippen LogP contribution in [0, 0.1) is 0 Å². The van der Waals surface area contributed by atoms with Gasteiger partial charge in [-0.2, -0.15) is 0 Å². The zero-order chi connectivity index (χ0) is 15.5. The van der Waals surface area contributed by atoms with Crippen LogP contribution in [-0.4, -0.2) is 18.2 Å². The van der Waals surface area contributed by atoms with Crippen LogP contribution in [0.25, 0.3) is 0 Å². The molecule has 2 rings (SSSR count). The van der Waals surface area contributed by atoms with Gasteiger partial charge in [-0.15, -0.1) is 0 Å². The molecule has 0 radical (unpaired) electrons. The van der Waals surface area contributed by atoms with E-state index in [-0.39, 0.29) is 0 Å². The summed E-state index contributed by atoms with van der Waals surface area (Å²) in [5, 5.41) is 12.7. The van der Waals surface area contributed by atoms with Gasteiger partial charge in [0.2, 0.25) is 0 Å². The van der Waals surface area contributed by atoms with Gasteiger partial charge >= 0.3 is 5.97 Å². The SMILES string of the molecule is COc1cccc(C(C)(Nc2cccc(Br)c2)C(=O)O)c1. The number of methoxy groups -OCH3 is 1. The molecule has 21 heavy (non-hydrogen) atoms. The van der Waals surface area contributed by atoms with Crippen molar-refractivity contribution >= 4 is 27.6 Å². The van der Waals surface area contributed by atoms with E-state index < -0.39 is 11.5 Å². The van der Waals surface area contributed by atoms with E-state index in [0.717, 1.165) is 10.2 Å². The number of nitrogens with one attached hydrogen (secondary N) is 1. The van der Waals surface area contributed by atoms with Gasteiger partial charge in [0.1, 0.15) is 5.75 Å². The number of rotatable bonds is 5. The maximum Gasteiger partial charge on any atom is 0.333 e. The summed E-state index contributed by atoms with van der Waals surface area (Å²) in [5.74, 6) is -0.341. The van der Waals surface area contributed by atoms with Crippen molar-refractivity contribution in [1.29, 1.82) is 0 Å².